The van der Waals surface area contributed by atoms with Crippen LogP contribution < -0.4 is 15.4 Å². The van der Waals surface area contributed by atoms with Crippen LogP contribution in [0.25, 0.3) is 0 Å². The molecule has 2 fully saturated rings. The molecule has 4 rings (SSSR count). The van der Waals surface area contributed by atoms with Gasteiger partial charge in [0.15, 0.2) is 0 Å². The molecule has 3 atom stereocenters. The van der Waals surface area contributed by atoms with Crippen molar-refractivity contribution >= 4 is 11.8 Å². The van der Waals surface area contributed by atoms with E-state index in [0.717, 1.165) is 37.1 Å². The first-order valence-electron chi connectivity index (χ1n) is 11.8. The number of nitrogens with one attached hydrogen (secondary N) is 2. The summed E-state index contributed by atoms with van der Waals surface area (Å²) in [4.78, 5) is 27.0. The number of nitrogens with zero attached hydrogens (tertiary/aromatic N) is 1. The maximum Gasteiger partial charge on any atom is 0.255 e. The van der Waals surface area contributed by atoms with Crippen LogP contribution in [0.3, 0.4) is 0 Å². The zero-order valence-corrected chi connectivity index (χ0v) is 19.2. The molecule has 0 radical (unpaired) electrons. The molecule has 2 heterocycles. The number of carbonyl (C=O) groups is 2. The third-order valence-electron chi connectivity index (χ3n) is 6.74. The van der Waals surface area contributed by atoms with Gasteiger partial charge in [0.1, 0.15) is 17.9 Å². The van der Waals surface area contributed by atoms with Crippen molar-refractivity contribution in [2.24, 2.45) is 0 Å². The van der Waals surface area contributed by atoms with Gasteiger partial charge in [0.25, 0.3) is 5.91 Å². The highest BCUT2D eigenvalue weighted by atomic mass is 16.5. The summed E-state index contributed by atoms with van der Waals surface area (Å²) in [6.45, 7) is 8.64. The fourth-order valence-electron chi connectivity index (χ4n) is 4.91. The van der Waals surface area contributed by atoms with Crippen LogP contribution in [0.1, 0.15) is 74.7 Å². The normalized spacial score (nSPS) is 26.2. The van der Waals surface area contributed by atoms with Gasteiger partial charge < -0.3 is 25.4 Å². The number of amides is 2. The van der Waals surface area contributed by atoms with Gasteiger partial charge >= 0.3 is 0 Å². The number of hydrogen-bond donors (Lipinski definition) is 3. The Labute approximate surface area is 190 Å². The molecule has 174 valence electrons. The second kappa shape index (κ2) is 9.24. The summed E-state index contributed by atoms with van der Waals surface area (Å²) < 4.78 is 6.38. The maximum atomic E-state index is 12.9. The molecule has 1 unspecified atom stereocenters. The maximum absolute atomic E-state index is 12.9. The zero-order chi connectivity index (χ0) is 22.9. The number of fused-ring (bicyclic) bond motifs is 1. The fraction of sp³-hybridized carbons (Fsp3) is 0.600. The van der Waals surface area contributed by atoms with E-state index in [-0.39, 0.29) is 24.0 Å². The van der Waals surface area contributed by atoms with E-state index in [1.54, 1.807) is 4.90 Å². The van der Waals surface area contributed by atoms with Gasteiger partial charge in [-0.3, -0.25) is 9.59 Å². The standard InChI is InChI=1S/C25H35N3O4/c1-16-8-11-21(23(29)27-16)28-15-17-14-18(9-10-19(17)24(28)30)32-22-7-5-4-6-20(22)26-13-12-25(2,3)31/h9-10,14,20-22,26,31H,1,4-8,11-13,15H2,2-3H3,(H,27,29)/t20-,21?,22-/m1/s1. The van der Waals surface area contributed by atoms with E-state index in [4.69, 9.17) is 4.74 Å². The van der Waals surface area contributed by atoms with Gasteiger partial charge in [-0.2, -0.15) is 0 Å². The van der Waals surface area contributed by atoms with Crippen LogP contribution in [-0.4, -0.2) is 52.2 Å². The zero-order valence-electron chi connectivity index (χ0n) is 19.2. The molecular weight excluding hydrogens is 406 g/mol. The Kier molecular flexibility index (Phi) is 6.58. The molecule has 0 spiro atoms. The van der Waals surface area contributed by atoms with E-state index in [2.05, 4.69) is 17.2 Å². The molecule has 1 aromatic carbocycles. The number of benzene rings is 1. The first-order valence-corrected chi connectivity index (χ1v) is 11.8. The van der Waals surface area contributed by atoms with Crippen LogP contribution in [0.15, 0.2) is 30.5 Å². The highest BCUT2D eigenvalue weighted by molar-refractivity contribution is 6.01. The van der Waals surface area contributed by atoms with E-state index in [0.29, 0.717) is 37.1 Å². The number of hydrogen-bond acceptors (Lipinski definition) is 5. The SMILES string of the molecule is C=C1CCC(N2Cc3cc(O[C@@H]4CCCC[C@H]4NCCC(C)(C)O)ccc3C2=O)C(=O)N1. The van der Waals surface area contributed by atoms with Gasteiger partial charge in [-0.1, -0.05) is 13.0 Å². The lowest BCUT2D eigenvalue weighted by atomic mass is 9.92. The van der Waals surface area contributed by atoms with E-state index < -0.39 is 11.6 Å². The molecule has 3 N–H and O–H groups in total. The molecular formula is C25H35N3O4. The Morgan fingerprint density at radius 2 is 2.03 bits per heavy atom. The van der Waals surface area contributed by atoms with Gasteiger partial charge in [0.2, 0.25) is 5.91 Å². The number of piperidine rings is 1. The average molecular weight is 442 g/mol. The van der Waals surface area contributed by atoms with Crippen molar-refractivity contribution in [2.45, 2.75) is 89.1 Å². The molecule has 1 aromatic rings. The monoisotopic (exact) mass is 441 g/mol. The predicted molar refractivity (Wildman–Crippen MR) is 122 cm³/mol. The molecule has 0 aromatic heterocycles. The second-order valence-electron chi connectivity index (χ2n) is 9.96. The molecule has 32 heavy (non-hydrogen) atoms. The largest absolute Gasteiger partial charge is 0.489 e. The van der Waals surface area contributed by atoms with Gasteiger partial charge in [0.05, 0.1) is 5.60 Å². The summed E-state index contributed by atoms with van der Waals surface area (Å²) in [6.07, 6.45) is 6.38. The Morgan fingerprint density at radius 1 is 1.25 bits per heavy atom. The minimum absolute atomic E-state index is 0.0620. The fourth-order valence-corrected chi connectivity index (χ4v) is 4.91. The lowest BCUT2D eigenvalue weighted by Crippen LogP contribution is -2.49. The van der Waals surface area contributed by atoms with Gasteiger partial charge in [-0.15, -0.1) is 0 Å². The molecule has 1 saturated heterocycles. The van der Waals surface area contributed by atoms with Crippen molar-refractivity contribution in [2.75, 3.05) is 6.54 Å². The van der Waals surface area contributed by atoms with E-state index in [1.807, 2.05) is 32.0 Å². The van der Waals surface area contributed by atoms with Crippen molar-refractivity contribution in [1.82, 2.24) is 15.5 Å². The van der Waals surface area contributed by atoms with Crippen LogP contribution in [0, 0.1) is 0 Å². The summed E-state index contributed by atoms with van der Waals surface area (Å²) in [5.41, 5.74) is 1.59. The van der Waals surface area contributed by atoms with Crippen LogP contribution >= 0.6 is 0 Å². The average Bonchev–Trinajstić information content (AvgIpc) is 3.04. The highest BCUT2D eigenvalue weighted by Crippen LogP contribution is 2.32. The second-order valence-corrected chi connectivity index (χ2v) is 9.96. The van der Waals surface area contributed by atoms with E-state index in [1.165, 1.54) is 6.42 Å². The summed E-state index contributed by atoms with van der Waals surface area (Å²) >= 11 is 0. The smallest absolute Gasteiger partial charge is 0.255 e. The minimum Gasteiger partial charge on any atom is -0.489 e. The Bertz CT molecular complexity index is 892. The van der Waals surface area contributed by atoms with Gasteiger partial charge in [-0.25, -0.2) is 0 Å². The van der Waals surface area contributed by atoms with Crippen LogP contribution in [0.4, 0.5) is 0 Å². The first kappa shape index (κ1) is 22.8. The summed E-state index contributed by atoms with van der Waals surface area (Å²) in [5.74, 6) is 0.519. The third-order valence-corrected chi connectivity index (χ3v) is 6.74. The topological polar surface area (TPSA) is 90.9 Å². The quantitative estimate of drug-likeness (QED) is 0.605. The molecule has 0 bridgehead atoms. The molecule has 7 heteroatoms. The van der Waals surface area contributed by atoms with Gasteiger partial charge in [-0.05, 0) is 82.7 Å². The minimum atomic E-state index is -0.682. The highest BCUT2D eigenvalue weighted by Gasteiger charge is 2.38. The first-order chi connectivity index (χ1) is 15.2. The predicted octanol–water partition coefficient (Wildman–Crippen LogP) is 2.88. The van der Waals surface area contributed by atoms with E-state index >= 15 is 0 Å². The molecule has 2 amide bonds. The Morgan fingerprint density at radius 3 is 2.78 bits per heavy atom. The van der Waals surface area contributed by atoms with Crippen LogP contribution in [0.2, 0.25) is 0 Å². The van der Waals surface area contributed by atoms with Crippen LogP contribution in [0.5, 0.6) is 5.75 Å². The summed E-state index contributed by atoms with van der Waals surface area (Å²) in [7, 11) is 0. The Balaban J connectivity index is 1.41. The molecule has 2 aliphatic heterocycles. The number of ether oxygens (including phenoxy) is 1. The summed E-state index contributed by atoms with van der Waals surface area (Å²) in [5, 5.41) is 16.3. The lowest BCUT2D eigenvalue weighted by molar-refractivity contribution is -0.126. The number of rotatable bonds is 7. The molecule has 1 saturated carbocycles. The Hall–Kier alpha value is -2.38. The van der Waals surface area contributed by atoms with E-state index in [9.17, 15) is 14.7 Å². The number of carbonyl (C=O) groups excluding carboxylic acids is 2. The van der Waals surface area contributed by atoms with Crippen LogP contribution in [-0.2, 0) is 11.3 Å². The van der Waals surface area contributed by atoms with Crippen molar-refractivity contribution in [3.63, 3.8) is 0 Å². The van der Waals surface area contributed by atoms with Crippen molar-refractivity contribution in [3.8, 4) is 5.75 Å². The number of aliphatic hydroxyl groups is 1. The number of allylic oxidation sites excluding steroid dienone is 1. The summed E-state index contributed by atoms with van der Waals surface area (Å²) in [6, 6.07) is 5.44. The lowest BCUT2D eigenvalue weighted by Gasteiger charge is -2.33. The third kappa shape index (κ3) is 5.15. The van der Waals surface area contributed by atoms with Crippen molar-refractivity contribution in [1.29, 1.82) is 0 Å². The molecule has 3 aliphatic rings. The van der Waals surface area contributed by atoms with Crippen molar-refractivity contribution in [3.05, 3.63) is 41.6 Å². The van der Waals surface area contributed by atoms with Gasteiger partial charge in [0, 0.05) is 23.8 Å². The molecule has 1 aliphatic carbocycles. The molecule has 7 nitrogen and oxygen atoms in total. The van der Waals surface area contributed by atoms with Crippen molar-refractivity contribution < 1.29 is 19.4 Å².